The van der Waals surface area contributed by atoms with Crippen LogP contribution >= 0.6 is 0 Å². The summed E-state index contributed by atoms with van der Waals surface area (Å²) in [5.74, 6) is -1.35. The van der Waals surface area contributed by atoms with Crippen molar-refractivity contribution in [3.8, 4) is 6.07 Å². The van der Waals surface area contributed by atoms with E-state index in [9.17, 15) is 13.7 Å². The zero-order valence-electron chi connectivity index (χ0n) is 14.4. The van der Waals surface area contributed by atoms with Crippen molar-refractivity contribution in [2.45, 2.75) is 31.2 Å². The number of nitrogens with zero attached hydrogens (tertiary/aromatic N) is 2. The van der Waals surface area contributed by atoms with Gasteiger partial charge in [-0.05, 0) is 32.9 Å². The maximum atomic E-state index is 14.1. The molecule has 0 aliphatic carbocycles. The highest BCUT2D eigenvalue weighted by Gasteiger charge is 2.24. The molecule has 1 aromatic carbocycles. The van der Waals surface area contributed by atoms with Crippen molar-refractivity contribution in [1.82, 2.24) is 9.29 Å². The molecule has 1 atom stereocenters. The van der Waals surface area contributed by atoms with Crippen molar-refractivity contribution in [1.29, 1.82) is 5.26 Å². The van der Waals surface area contributed by atoms with Gasteiger partial charge in [0.1, 0.15) is 11.8 Å². The molecule has 2 rings (SSSR count). The van der Waals surface area contributed by atoms with Crippen molar-refractivity contribution in [2.24, 2.45) is 7.05 Å². The molecule has 2 aromatic rings. The smallest absolute Gasteiger partial charge is 0.272 e. The molecule has 25 heavy (non-hydrogen) atoms. The minimum Gasteiger partial charge on any atom is -0.593 e. The highest BCUT2D eigenvalue weighted by atomic mass is 32.2. The predicted molar refractivity (Wildman–Crippen MR) is 93.8 cm³/mol. The van der Waals surface area contributed by atoms with Crippen molar-refractivity contribution >= 4 is 23.0 Å². The van der Waals surface area contributed by atoms with Gasteiger partial charge in [0, 0.05) is 13.1 Å². The lowest BCUT2D eigenvalue weighted by molar-refractivity contribution is 0.101. The molecule has 0 aliphatic heterocycles. The molecule has 1 amide bonds. The van der Waals surface area contributed by atoms with Gasteiger partial charge in [-0.3, -0.25) is 4.79 Å². The Labute approximate surface area is 149 Å². The van der Waals surface area contributed by atoms with E-state index in [-0.39, 0.29) is 22.5 Å². The SMILES string of the molecule is Cn1cc([S+]([O-])NC(C)(C)C)cc1C(=O)Nc1cccc(C#N)c1F. The molecule has 0 bridgehead atoms. The first-order chi connectivity index (χ1) is 11.6. The van der Waals surface area contributed by atoms with Crippen LogP contribution < -0.4 is 10.0 Å². The molecule has 6 nitrogen and oxygen atoms in total. The number of carbonyl (C=O) groups is 1. The molecule has 0 aliphatic rings. The molecular weight excluding hydrogens is 343 g/mol. The van der Waals surface area contributed by atoms with Gasteiger partial charge < -0.3 is 14.4 Å². The van der Waals surface area contributed by atoms with Crippen LogP contribution in [0, 0.1) is 17.1 Å². The lowest BCUT2D eigenvalue weighted by Crippen LogP contribution is -2.40. The molecule has 2 N–H and O–H groups in total. The van der Waals surface area contributed by atoms with Crippen LogP contribution in [0.4, 0.5) is 10.1 Å². The van der Waals surface area contributed by atoms with E-state index in [2.05, 4.69) is 10.0 Å². The lowest BCUT2D eigenvalue weighted by atomic mass is 10.1. The first kappa shape index (κ1) is 19.0. The summed E-state index contributed by atoms with van der Waals surface area (Å²) in [5.41, 5.74) is -0.369. The molecule has 1 heterocycles. The second kappa shape index (κ2) is 7.27. The van der Waals surface area contributed by atoms with Crippen LogP contribution in [0.25, 0.3) is 0 Å². The fourth-order valence-electron chi connectivity index (χ4n) is 2.10. The van der Waals surface area contributed by atoms with E-state index in [1.165, 1.54) is 28.8 Å². The summed E-state index contributed by atoms with van der Waals surface area (Å²) in [4.78, 5) is 12.8. The Bertz CT molecular complexity index is 836. The number of anilines is 1. The highest BCUT2D eigenvalue weighted by molar-refractivity contribution is 7.89. The van der Waals surface area contributed by atoms with Crippen LogP contribution in [0.3, 0.4) is 0 Å². The second-order valence-electron chi connectivity index (χ2n) is 6.53. The zero-order valence-corrected chi connectivity index (χ0v) is 15.2. The molecule has 0 saturated carbocycles. The monoisotopic (exact) mass is 362 g/mol. The van der Waals surface area contributed by atoms with Crippen LogP contribution in [-0.2, 0) is 18.4 Å². The Morgan fingerprint density at radius 1 is 1.40 bits per heavy atom. The summed E-state index contributed by atoms with van der Waals surface area (Å²) in [6.07, 6.45) is 1.58. The molecule has 8 heteroatoms. The number of nitriles is 1. The first-order valence-electron chi connectivity index (χ1n) is 7.48. The average molecular weight is 362 g/mol. The molecule has 1 unspecified atom stereocenters. The minimum atomic E-state index is -1.48. The van der Waals surface area contributed by atoms with Gasteiger partial charge in [0.05, 0.1) is 34.3 Å². The Hall–Kier alpha value is -2.34. The second-order valence-corrected chi connectivity index (χ2v) is 7.74. The fourth-order valence-corrected chi connectivity index (χ4v) is 3.25. The average Bonchev–Trinajstić information content (AvgIpc) is 2.90. The molecule has 0 spiro atoms. The maximum Gasteiger partial charge on any atom is 0.272 e. The van der Waals surface area contributed by atoms with Crippen LogP contribution in [0.2, 0.25) is 0 Å². The van der Waals surface area contributed by atoms with Gasteiger partial charge in [-0.25, -0.2) is 4.39 Å². The van der Waals surface area contributed by atoms with Crippen molar-refractivity contribution in [3.63, 3.8) is 0 Å². The van der Waals surface area contributed by atoms with E-state index in [1.807, 2.05) is 20.8 Å². The van der Waals surface area contributed by atoms with Gasteiger partial charge in [0.2, 0.25) is 0 Å². The number of halogens is 1. The third-order valence-electron chi connectivity index (χ3n) is 3.19. The number of aryl methyl sites for hydroxylation is 1. The van der Waals surface area contributed by atoms with Crippen LogP contribution in [-0.4, -0.2) is 20.6 Å². The number of rotatable bonds is 4. The van der Waals surface area contributed by atoms with E-state index in [0.29, 0.717) is 4.90 Å². The quantitative estimate of drug-likeness (QED) is 0.818. The van der Waals surface area contributed by atoms with Gasteiger partial charge in [0.15, 0.2) is 10.7 Å². The van der Waals surface area contributed by atoms with Gasteiger partial charge in [-0.1, -0.05) is 6.07 Å². The number of hydrogen-bond acceptors (Lipinski definition) is 4. The number of carbonyl (C=O) groups excluding carboxylic acids is 1. The fraction of sp³-hybridized carbons (Fsp3) is 0.294. The third-order valence-corrected chi connectivity index (χ3v) is 4.64. The molecule has 1 aromatic heterocycles. The van der Waals surface area contributed by atoms with Gasteiger partial charge in [0.25, 0.3) is 5.91 Å². The van der Waals surface area contributed by atoms with E-state index >= 15 is 0 Å². The van der Waals surface area contributed by atoms with Crippen molar-refractivity contribution < 1.29 is 13.7 Å². The number of nitrogens with one attached hydrogen (secondary N) is 2. The van der Waals surface area contributed by atoms with E-state index < -0.39 is 23.1 Å². The lowest BCUT2D eigenvalue weighted by Gasteiger charge is -2.20. The topological polar surface area (TPSA) is 92.9 Å². The Morgan fingerprint density at radius 2 is 2.08 bits per heavy atom. The first-order valence-corrected chi connectivity index (χ1v) is 8.63. The number of benzene rings is 1. The zero-order chi connectivity index (χ0) is 18.8. The largest absolute Gasteiger partial charge is 0.593 e. The Kier molecular flexibility index (Phi) is 5.52. The van der Waals surface area contributed by atoms with Gasteiger partial charge in [-0.2, -0.15) is 5.26 Å². The third kappa shape index (κ3) is 4.60. The van der Waals surface area contributed by atoms with E-state index in [4.69, 9.17) is 5.26 Å². The number of amides is 1. The van der Waals surface area contributed by atoms with E-state index in [0.717, 1.165) is 0 Å². The summed E-state index contributed by atoms with van der Waals surface area (Å²) >= 11 is -1.48. The van der Waals surface area contributed by atoms with E-state index in [1.54, 1.807) is 19.3 Å². The normalized spacial score (nSPS) is 12.5. The molecule has 0 fully saturated rings. The molecular formula is C17H19FN4O2S. The Balaban J connectivity index is 2.22. The van der Waals surface area contributed by atoms with Crippen LogP contribution in [0.1, 0.15) is 36.8 Å². The highest BCUT2D eigenvalue weighted by Crippen LogP contribution is 2.20. The minimum absolute atomic E-state index is 0.0826. The maximum absolute atomic E-state index is 14.1. The van der Waals surface area contributed by atoms with Crippen molar-refractivity contribution in [3.05, 3.63) is 47.5 Å². The summed E-state index contributed by atoms with van der Waals surface area (Å²) in [6, 6.07) is 7.38. The van der Waals surface area contributed by atoms with Gasteiger partial charge in [-0.15, -0.1) is 4.72 Å². The summed E-state index contributed by atoms with van der Waals surface area (Å²) in [7, 11) is 1.63. The van der Waals surface area contributed by atoms with Gasteiger partial charge >= 0.3 is 0 Å². The Morgan fingerprint density at radius 3 is 2.68 bits per heavy atom. The summed E-state index contributed by atoms with van der Waals surface area (Å²) in [6.45, 7) is 5.64. The molecule has 0 saturated heterocycles. The molecule has 0 radical (unpaired) electrons. The summed E-state index contributed by atoms with van der Waals surface area (Å²) in [5, 5.41) is 11.3. The molecule has 132 valence electrons. The predicted octanol–water partition coefficient (Wildman–Crippen LogP) is 2.70. The van der Waals surface area contributed by atoms with Crippen LogP contribution in [0.15, 0.2) is 35.4 Å². The summed E-state index contributed by atoms with van der Waals surface area (Å²) < 4.78 is 30.8. The van der Waals surface area contributed by atoms with Crippen LogP contribution in [0.5, 0.6) is 0 Å². The standard InChI is InChI=1S/C17H19FN4O2S/c1-17(2,3)21-25(24)12-8-14(22(4)10-12)16(23)20-13-7-5-6-11(9-19)15(13)18/h5-8,10,21H,1-4H3,(H,20,23). The number of aromatic nitrogens is 1. The van der Waals surface area contributed by atoms with Crippen molar-refractivity contribution in [2.75, 3.05) is 5.32 Å². The number of hydrogen-bond donors (Lipinski definition) is 2.